The number of likely N-dealkylation sites (N-methyl/N-ethyl adjacent to an activating group) is 1. The highest BCUT2D eigenvalue weighted by Crippen LogP contribution is 2.29. The molecule has 9 heteroatoms. The lowest BCUT2D eigenvalue weighted by atomic mass is 10.3. The van der Waals surface area contributed by atoms with Crippen molar-refractivity contribution in [2.75, 3.05) is 25.5 Å². The van der Waals surface area contributed by atoms with E-state index < -0.39 is 11.8 Å². The number of carbonyl (C=O) groups excluding carboxylic acids is 3. The summed E-state index contributed by atoms with van der Waals surface area (Å²) in [6, 6.07) is 8.26. The summed E-state index contributed by atoms with van der Waals surface area (Å²) in [6.07, 6.45) is 0. The van der Waals surface area contributed by atoms with E-state index in [0.717, 1.165) is 0 Å². The Bertz CT molecular complexity index is 761. The summed E-state index contributed by atoms with van der Waals surface area (Å²) in [6.45, 7) is -0.400. The number of hydrogen-bond acceptors (Lipinski definition) is 4. The van der Waals surface area contributed by atoms with Crippen LogP contribution in [0.4, 0.5) is 5.69 Å². The van der Waals surface area contributed by atoms with Gasteiger partial charge in [0.15, 0.2) is 0 Å². The molecular formula is C16H15Cl2N3O3S. The lowest BCUT2D eigenvalue weighted by Gasteiger charge is -2.17. The van der Waals surface area contributed by atoms with E-state index >= 15 is 0 Å². The highest BCUT2D eigenvalue weighted by atomic mass is 35.5. The fourth-order valence-electron chi connectivity index (χ4n) is 1.89. The van der Waals surface area contributed by atoms with Crippen LogP contribution in [0.3, 0.4) is 0 Å². The van der Waals surface area contributed by atoms with Crippen LogP contribution in [0, 0.1) is 0 Å². The zero-order chi connectivity index (χ0) is 18.4. The normalized spacial score (nSPS) is 10.2. The van der Waals surface area contributed by atoms with E-state index in [4.69, 9.17) is 23.2 Å². The number of para-hydroxylation sites is 1. The van der Waals surface area contributed by atoms with Crippen LogP contribution in [0.1, 0.15) is 9.67 Å². The first-order valence-corrected chi connectivity index (χ1v) is 8.81. The SMILES string of the molecule is CN(CC(=O)Nc1c(Cl)cccc1Cl)C(=O)CNC(=O)c1cccs1. The molecular weight excluding hydrogens is 385 g/mol. The molecule has 2 N–H and O–H groups in total. The molecule has 3 amide bonds. The van der Waals surface area contributed by atoms with E-state index in [1.807, 2.05) is 0 Å². The Kier molecular flexibility index (Phi) is 6.81. The second kappa shape index (κ2) is 8.84. The minimum Gasteiger partial charge on any atom is -0.342 e. The third-order valence-electron chi connectivity index (χ3n) is 3.18. The average molecular weight is 400 g/mol. The monoisotopic (exact) mass is 399 g/mol. The number of nitrogens with one attached hydrogen (secondary N) is 2. The highest BCUT2D eigenvalue weighted by molar-refractivity contribution is 7.12. The second-order valence-electron chi connectivity index (χ2n) is 5.05. The van der Waals surface area contributed by atoms with Crippen LogP contribution in [-0.2, 0) is 9.59 Å². The fraction of sp³-hybridized carbons (Fsp3) is 0.188. The molecule has 0 aliphatic carbocycles. The molecule has 6 nitrogen and oxygen atoms in total. The maximum absolute atomic E-state index is 12.0. The molecule has 0 spiro atoms. The van der Waals surface area contributed by atoms with Gasteiger partial charge in [0.1, 0.15) is 0 Å². The number of amides is 3. The Balaban J connectivity index is 1.84. The summed E-state index contributed by atoms with van der Waals surface area (Å²) in [5.41, 5.74) is 0.294. The minimum absolute atomic E-state index is 0.199. The van der Waals surface area contributed by atoms with Gasteiger partial charge in [0.05, 0.1) is 33.7 Å². The van der Waals surface area contributed by atoms with Crippen LogP contribution in [0.5, 0.6) is 0 Å². The predicted molar refractivity (Wildman–Crippen MR) is 99.4 cm³/mol. The number of thiophene rings is 1. The number of halogens is 2. The first-order chi connectivity index (χ1) is 11.9. The Morgan fingerprint density at radius 2 is 1.80 bits per heavy atom. The summed E-state index contributed by atoms with van der Waals surface area (Å²) in [5.74, 6) is -1.18. The van der Waals surface area contributed by atoms with Crippen LogP contribution in [0.15, 0.2) is 35.7 Å². The van der Waals surface area contributed by atoms with Gasteiger partial charge in [0, 0.05) is 7.05 Å². The molecule has 1 heterocycles. The number of hydrogen-bond donors (Lipinski definition) is 2. The number of nitrogens with zero attached hydrogens (tertiary/aromatic N) is 1. The van der Waals surface area contributed by atoms with Gasteiger partial charge >= 0.3 is 0 Å². The average Bonchev–Trinajstić information content (AvgIpc) is 3.10. The van der Waals surface area contributed by atoms with E-state index in [1.54, 1.807) is 35.7 Å². The molecule has 0 aliphatic heterocycles. The Labute approximate surface area is 158 Å². The molecule has 25 heavy (non-hydrogen) atoms. The van der Waals surface area contributed by atoms with Gasteiger partial charge in [-0.05, 0) is 23.6 Å². The van der Waals surface area contributed by atoms with Crippen LogP contribution in [0.2, 0.25) is 10.0 Å². The summed E-state index contributed by atoms with van der Waals surface area (Å²) < 4.78 is 0. The van der Waals surface area contributed by atoms with Crippen molar-refractivity contribution in [2.24, 2.45) is 0 Å². The van der Waals surface area contributed by atoms with Gasteiger partial charge in [0.25, 0.3) is 5.91 Å². The molecule has 1 aromatic carbocycles. The molecule has 0 saturated carbocycles. The van der Waals surface area contributed by atoms with Gasteiger partial charge in [-0.3, -0.25) is 14.4 Å². The maximum atomic E-state index is 12.0. The van der Waals surface area contributed by atoms with E-state index in [1.165, 1.54) is 23.3 Å². The molecule has 2 aromatic rings. The van der Waals surface area contributed by atoms with Crippen molar-refractivity contribution in [3.8, 4) is 0 Å². The quantitative estimate of drug-likeness (QED) is 0.783. The van der Waals surface area contributed by atoms with Gasteiger partial charge < -0.3 is 15.5 Å². The summed E-state index contributed by atoms with van der Waals surface area (Å²) in [4.78, 5) is 37.6. The van der Waals surface area contributed by atoms with E-state index in [-0.39, 0.29) is 19.0 Å². The Hall–Kier alpha value is -2.09. The number of anilines is 1. The van der Waals surface area contributed by atoms with Crippen molar-refractivity contribution in [1.82, 2.24) is 10.2 Å². The predicted octanol–water partition coefficient (Wildman–Crippen LogP) is 2.88. The van der Waals surface area contributed by atoms with E-state index in [2.05, 4.69) is 10.6 Å². The molecule has 132 valence electrons. The lowest BCUT2D eigenvalue weighted by molar-refractivity contribution is -0.132. The number of rotatable bonds is 6. The molecule has 0 unspecified atom stereocenters. The molecule has 0 bridgehead atoms. The Morgan fingerprint density at radius 1 is 1.12 bits per heavy atom. The first-order valence-electron chi connectivity index (χ1n) is 7.18. The molecule has 0 atom stereocenters. The minimum atomic E-state index is -0.449. The van der Waals surface area contributed by atoms with Crippen molar-refractivity contribution >= 4 is 57.9 Å². The number of benzene rings is 1. The van der Waals surface area contributed by atoms with Crippen LogP contribution >= 0.6 is 34.5 Å². The van der Waals surface area contributed by atoms with Crippen molar-refractivity contribution in [2.45, 2.75) is 0 Å². The van der Waals surface area contributed by atoms with Gasteiger partial charge in [-0.2, -0.15) is 0 Å². The molecule has 2 rings (SSSR count). The van der Waals surface area contributed by atoms with Crippen molar-refractivity contribution in [1.29, 1.82) is 0 Å². The van der Waals surface area contributed by atoms with Crippen molar-refractivity contribution < 1.29 is 14.4 Å². The fourth-order valence-corrected chi connectivity index (χ4v) is 3.02. The highest BCUT2D eigenvalue weighted by Gasteiger charge is 2.16. The zero-order valence-corrected chi connectivity index (χ0v) is 15.5. The largest absolute Gasteiger partial charge is 0.342 e. The van der Waals surface area contributed by atoms with Crippen molar-refractivity contribution in [3.63, 3.8) is 0 Å². The van der Waals surface area contributed by atoms with Gasteiger partial charge in [0.2, 0.25) is 11.8 Å². The van der Waals surface area contributed by atoms with Crippen LogP contribution in [-0.4, -0.2) is 42.8 Å². The zero-order valence-electron chi connectivity index (χ0n) is 13.2. The lowest BCUT2D eigenvalue weighted by Crippen LogP contribution is -2.41. The molecule has 0 radical (unpaired) electrons. The first kappa shape index (κ1) is 19.2. The smallest absolute Gasteiger partial charge is 0.261 e. The summed E-state index contributed by atoms with van der Waals surface area (Å²) >= 11 is 13.2. The number of carbonyl (C=O) groups is 3. The van der Waals surface area contributed by atoms with E-state index in [0.29, 0.717) is 20.6 Å². The van der Waals surface area contributed by atoms with Crippen LogP contribution in [0.25, 0.3) is 0 Å². The second-order valence-corrected chi connectivity index (χ2v) is 6.82. The maximum Gasteiger partial charge on any atom is 0.261 e. The summed E-state index contributed by atoms with van der Waals surface area (Å²) in [5, 5.41) is 7.46. The molecule has 0 saturated heterocycles. The topological polar surface area (TPSA) is 78.5 Å². The van der Waals surface area contributed by atoms with Crippen molar-refractivity contribution in [3.05, 3.63) is 50.6 Å². The third kappa shape index (κ3) is 5.45. The standard InChI is InChI=1S/C16H15Cl2N3O3S/c1-21(14(23)8-19-16(24)12-6-3-7-25-12)9-13(22)20-15-10(17)4-2-5-11(15)18/h2-7H,8-9H2,1H3,(H,19,24)(H,20,22). The van der Waals surface area contributed by atoms with Gasteiger partial charge in [-0.25, -0.2) is 0 Å². The summed E-state index contributed by atoms with van der Waals surface area (Å²) in [7, 11) is 1.47. The third-order valence-corrected chi connectivity index (χ3v) is 4.68. The van der Waals surface area contributed by atoms with Gasteiger partial charge in [-0.1, -0.05) is 35.3 Å². The Morgan fingerprint density at radius 3 is 2.40 bits per heavy atom. The van der Waals surface area contributed by atoms with E-state index in [9.17, 15) is 14.4 Å². The molecule has 0 aliphatic rings. The van der Waals surface area contributed by atoms with Crippen LogP contribution < -0.4 is 10.6 Å². The van der Waals surface area contributed by atoms with Gasteiger partial charge in [-0.15, -0.1) is 11.3 Å². The molecule has 1 aromatic heterocycles. The molecule has 0 fully saturated rings.